The van der Waals surface area contributed by atoms with Gasteiger partial charge in [0.25, 0.3) is 0 Å². The summed E-state index contributed by atoms with van der Waals surface area (Å²) in [7, 11) is -2.40. The van der Waals surface area contributed by atoms with E-state index in [0.29, 0.717) is 11.3 Å². The minimum atomic E-state index is -3.96. The van der Waals surface area contributed by atoms with Crippen LogP contribution in [0.25, 0.3) is 0 Å². The van der Waals surface area contributed by atoms with Crippen molar-refractivity contribution in [2.75, 3.05) is 7.11 Å². The van der Waals surface area contributed by atoms with Gasteiger partial charge in [0.15, 0.2) is 0 Å². The van der Waals surface area contributed by atoms with Gasteiger partial charge in [0.2, 0.25) is 0 Å². The Bertz CT molecular complexity index is 993. The van der Waals surface area contributed by atoms with Gasteiger partial charge in [-0.1, -0.05) is 72.8 Å². The summed E-state index contributed by atoms with van der Waals surface area (Å²) in [5.41, 5.74) is 7.57. The van der Waals surface area contributed by atoms with Gasteiger partial charge in [-0.25, -0.2) is 0 Å². The second-order valence-electron chi connectivity index (χ2n) is 7.41. The van der Waals surface area contributed by atoms with E-state index in [9.17, 15) is 9.36 Å². The molecule has 6 nitrogen and oxygen atoms in total. The standard InChI is InChI=1S/C25H28NO5P/c1-19(27)25(24(26)22-13-15-23(29-2)16-14-22)32(28,30-17-20-9-5-3-6-10-20)31-18-21-11-7-4-8-12-21/h3-16,24-25H,17-18,26H2,1-2H3. The van der Waals surface area contributed by atoms with Gasteiger partial charge in [0.1, 0.15) is 17.2 Å². The molecule has 0 aromatic heterocycles. The highest BCUT2D eigenvalue weighted by molar-refractivity contribution is 7.55. The third-order valence-electron chi connectivity index (χ3n) is 5.11. The van der Waals surface area contributed by atoms with E-state index in [0.717, 1.165) is 11.1 Å². The monoisotopic (exact) mass is 453 g/mol. The summed E-state index contributed by atoms with van der Waals surface area (Å²) in [4.78, 5) is 12.7. The fourth-order valence-corrected chi connectivity index (χ4v) is 5.42. The molecule has 0 aliphatic rings. The fraction of sp³-hybridized carbons (Fsp3) is 0.240. The summed E-state index contributed by atoms with van der Waals surface area (Å²) >= 11 is 0. The third kappa shape index (κ3) is 6.15. The molecule has 0 heterocycles. The molecule has 0 radical (unpaired) electrons. The van der Waals surface area contributed by atoms with Crippen molar-refractivity contribution in [2.24, 2.45) is 5.73 Å². The van der Waals surface area contributed by atoms with E-state index in [1.165, 1.54) is 6.92 Å². The van der Waals surface area contributed by atoms with Crippen molar-refractivity contribution in [1.29, 1.82) is 0 Å². The van der Waals surface area contributed by atoms with Crippen LogP contribution in [0.2, 0.25) is 0 Å². The topological polar surface area (TPSA) is 87.9 Å². The van der Waals surface area contributed by atoms with Crippen LogP contribution in [0, 0.1) is 0 Å². The largest absolute Gasteiger partial charge is 0.497 e. The number of carbonyl (C=O) groups is 1. The molecule has 32 heavy (non-hydrogen) atoms. The highest BCUT2D eigenvalue weighted by Gasteiger charge is 2.44. The Balaban J connectivity index is 1.90. The van der Waals surface area contributed by atoms with Crippen LogP contribution < -0.4 is 10.5 Å². The number of hydrogen-bond donors (Lipinski definition) is 1. The summed E-state index contributed by atoms with van der Waals surface area (Å²) in [5, 5.41) is 0. The highest BCUT2D eigenvalue weighted by atomic mass is 31.2. The van der Waals surface area contributed by atoms with Crippen molar-refractivity contribution >= 4 is 13.4 Å². The number of ketones is 1. The summed E-state index contributed by atoms with van der Waals surface area (Å²) < 4.78 is 31.0. The van der Waals surface area contributed by atoms with Crippen molar-refractivity contribution in [2.45, 2.75) is 31.8 Å². The van der Waals surface area contributed by atoms with E-state index < -0.39 is 19.3 Å². The van der Waals surface area contributed by atoms with Crippen LogP contribution in [-0.2, 0) is 31.6 Å². The summed E-state index contributed by atoms with van der Waals surface area (Å²) in [6.07, 6.45) is 0. The molecule has 2 atom stereocenters. The first-order valence-electron chi connectivity index (χ1n) is 10.3. The molecule has 0 amide bonds. The number of ether oxygens (including phenoxy) is 1. The second kappa shape index (κ2) is 11.2. The van der Waals surface area contributed by atoms with E-state index in [1.807, 2.05) is 60.7 Å². The molecule has 3 aromatic rings. The molecule has 0 spiro atoms. The van der Waals surface area contributed by atoms with E-state index in [-0.39, 0.29) is 19.0 Å². The number of hydrogen-bond acceptors (Lipinski definition) is 6. The molecule has 168 valence electrons. The summed E-state index contributed by atoms with van der Waals surface area (Å²) in [5.74, 6) is 0.293. The number of carbonyl (C=O) groups excluding carboxylic acids is 1. The van der Waals surface area contributed by atoms with Crippen molar-refractivity contribution in [3.8, 4) is 5.75 Å². The van der Waals surface area contributed by atoms with E-state index in [2.05, 4.69) is 0 Å². The zero-order valence-electron chi connectivity index (χ0n) is 18.2. The van der Waals surface area contributed by atoms with Crippen LogP contribution in [0.15, 0.2) is 84.9 Å². The van der Waals surface area contributed by atoms with Crippen molar-refractivity contribution in [3.63, 3.8) is 0 Å². The van der Waals surface area contributed by atoms with Crippen LogP contribution in [-0.4, -0.2) is 18.6 Å². The number of benzene rings is 3. The molecule has 2 unspecified atom stereocenters. The van der Waals surface area contributed by atoms with Gasteiger partial charge in [0, 0.05) is 0 Å². The quantitative estimate of drug-likeness (QED) is 0.398. The van der Waals surface area contributed by atoms with Crippen molar-refractivity contribution in [3.05, 3.63) is 102 Å². The minimum absolute atomic E-state index is 0.0338. The maximum absolute atomic E-state index is 14.1. The zero-order valence-corrected chi connectivity index (χ0v) is 19.1. The Morgan fingerprint density at radius 2 is 1.31 bits per heavy atom. The van der Waals surface area contributed by atoms with E-state index in [1.54, 1.807) is 31.4 Å². The molecule has 0 saturated carbocycles. The minimum Gasteiger partial charge on any atom is -0.497 e. The molecule has 7 heteroatoms. The lowest BCUT2D eigenvalue weighted by atomic mass is 10.0. The molecule has 3 aromatic carbocycles. The predicted molar refractivity (Wildman–Crippen MR) is 124 cm³/mol. The summed E-state index contributed by atoms with van der Waals surface area (Å²) in [6, 6.07) is 24.7. The molecule has 3 rings (SSSR count). The first kappa shape index (κ1) is 23.9. The lowest BCUT2D eigenvalue weighted by Gasteiger charge is -2.29. The number of Topliss-reactive ketones (excluding diaryl/α,β-unsaturated/α-hetero) is 1. The molecule has 0 aliphatic heterocycles. The maximum atomic E-state index is 14.1. The molecular weight excluding hydrogens is 425 g/mol. The Labute approximate surface area is 188 Å². The lowest BCUT2D eigenvalue weighted by molar-refractivity contribution is -0.117. The van der Waals surface area contributed by atoms with Gasteiger partial charge in [-0.15, -0.1) is 0 Å². The summed E-state index contributed by atoms with van der Waals surface area (Å²) in [6.45, 7) is 1.43. The second-order valence-corrected chi connectivity index (χ2v) is 9.56. The molecule has 0 saturated heterocycles. The van der Waals surface area contributed by atoms with Gasteiger partial charge in [-0.3, -0.25) is 9.36 Å². The third-order valence-corrected chi connectivity index (χ3v) is 7.45. The van der Waals surface area contributed by atoms with Crippen molar-refractivity contribution < 1.29 is 23.1 Å². The Hall–Kier alpha value is -2.76. The Morgan fingerprint density at radius 3 is 1.72 bits per heavy atom. The molecular formula is C25H28NO5P. The average molecular weight is 453 g/mol. The van der Waals surface area contributed by atoms with E-state index >= 15 is 0 Å². The maximum Gasteiger partial charge on any atom is 0.343 e. The fourth-order valence-electron chi connectivity index (χ4n) is 3.36. The first-order valence-corrected chi connectivity index (χ1v) is 11.9. The normalized spacial score (nSPS) is 13.3. The molecule has 2 N–H and O–H groups in total. The smallest absolute Gasteiger partial charge is 0.343 e. The van der Waals surface area contributed by atoms with Crippen LogP contribution in [0.3, 0.4) is 0 Å². The van der Waals surface area contributed by atoms with Gasteiger partial charge >= 0.3 is 7.60 Å². The van der Waals surface area contributed by atoms with Crippen LogP contribution in [0.1, 0.15) is 29.7 Å². The Kier molecular flexibility index (Phi) is 8.37. The molecule has 0 aliphatic carbocycles. The zero-order chi connectivity index (χ0) is 23.0. The van der Waals surface area contributed by atoms with Gasteiger partial charge in [0.05, 0.1) is 26.4 Å². The lowest BCUT2D eigenvalue weighted by Crippen LogP contribution is -2.33. The number of rotatable bonds is 11. The Morgan fingerprint density at radius 1 is 0.844 bits per heavy atom. The van der Waals surface area contributed by atoms with Crippen LogP contribution in [0.5, 0.6) is 5.75 Å². The van der Waals surface area contributed by atoms with Crippen LogP contribution in [0.4, 0.5) is 0 Å². The first-order chi connectivity index (χ1) is 15.4. The SMILES string of the molecule is COc1ccc(C(N)C(C(C)=O)P(=O)(OCc2ccccc2)OCc2ccccc2)cc1. The van der Waals surface area contributed by atoms with Gasteiger partial charge in [-0.2, -0.15) is 0 Å². The number of methoxy groups -OCH3 is 1. The molecule has 0 fully saturated rings. The van der Waals surface area contributed by atoms with Crippen molar-refractivity contribution in [1.82, 2.24) is 0 Å². The van der Waals surface area contributed by atoms with E-state index in [4.69, 9.17) is 19.5 Å². The average Bonchev–Trinajstić information content (AvgIpc) is 2.83. The highest BCUT2D eigenvalue weighted by Crippen LogP contribution is 2.58. The van der Waals surface area contributed by atoms with Gasteiger partial charge < -0.3 is 19.5 Å². The number of nitrogens with two attached hydrogens (primary N) is 1. The molecule has 0 bridgehead atoms. The van der Waals surface area contributed by atoms with Crippen LogP contribution >= 0.6 is 7.60 Å². The predicted octanol–water partition coefficient (Wildman–Crippen LogP) is 5.28. The van der Waals surface area contributed by atoms with Gasteiger partial charge in [-0.05, 0) is 35.7 Å².